The van der Waals surface area contributed by atoms with E-state index in [9.17, 15) is 9.59 Å². The molecule has 0 radical (unpaired) electrons. The number of nitrogens with zero attached hydrogens (tertiary/aromatic N) is 3. The van der Waals surface area contributed by atoms with Crippen molar-refractivity contribution in [2.45, 2.75) is 27.7 Å². The molecule has 3 aromatic carbocycles. The van der Waals surface area contributed by atoms with Crippen molar-refractivity contribution < 1.29 is 4.79 Å². The highest BCUT2D eigenvalue weighted by atomic mass is 32.1. The average molecular weight is 499 g/mol. The van der Waals surface area contributed by atoms with E-state index in [1.807, 2.05) is 36.9 Å². The van der Waals surface area contributed by atoms with Crippen molar-refractivity contribution in [3.8, 4) is 5.69 Å². The second-order valence-electron chi connectivity index (χ2n) is 9.55. The van der Waals surface area contributed by atoms with Gasteiger partial charge in [0.05, 0.1) is 16.6 Å². The number of aromatic nitrogens is 2. The van der Waals surface area contributed by atoms with E-state index in [0.29, 0.717) is 34.3 Å². The fourth-order valence-corrected chi connectivity index (χ4v) is 5.25. The number of anilines is 1. The van der Waals surface area contributed by atoms with Gasteiger partial charge in [0, 0.05) is 37.4 Å². The van der Waals surface area contributed by atoms with Crippen molar-refractivity contribution in [1.29, 1.82) is 0 Å². The van der Waals surface area contributed by atoms with Crippen LogP contribution < -0.4 is 10.5 Å². The van der Waals surface area contributed by atoms with Gasteiger partial charge in [-0.1, -0.05) is 24.3 Å². The first kappa shape index (κ1) is 24.0. The molecule has 4 aromatic rings. The number of piperazine rings is 1. The first-order valence-corrected chi connectivity index (χ1v) is 12.6. The number of aryl methyl sites for hydroxylation is 2. The van der Waals surface area contributed by atoms with Crippen molar-refractivity contribution in [3.05, 3.63) is 97.5 Å². The van der Waals surface area contributed by atoms with Crippen LogP contribution in [0.25, 0.3) is 16.6 Å². The van der Waals surface area contributed by atoms with Crippen molar-refractivity contribution >= 4 is 34.7 Å². The molecule has 0 unspecified atom stereocenters. The first-order chi connectivity index (χ1) is 17.3. The van der Waals surface area contributed by atoms with Gasteiger partial charge < -0.3 is 14.8 Å². The zero-order chi connectivity index (χ0) is 25.6. The lowest BCUT2D eigenvalue weighted by Crippen LogP contribution is -2.49. The predicted octanol–water partition coefficient (Wildman–Crippen LogP) is 5.24. The summed E-state index contributed by atoms with van der Waals surface area (Å²) in [5.74, 6) is -0.0319. The van der Waals surface area contributed by atoms with Crippen LogP contribution >= 0.6 is 12.2 Å². The number of carbonyl (C=O) groups is 1. The summed E-state index contributed by atoms with van der Waals surface area (Å²) < 4.78 is 1.85. The molecule has 1 amide bonds. The number of benzene rings is 3. The SMILES string of the molecule is Cc1cccc(N2CCN(C(=O)c3ccc4c(=O)n(-c5cccc(C)c5C)c(=S)[nH]c4c3)CC2)c1C. The molecule has 1 N–H and O–H groups in total. The Morgan fingerprint density at radius 3 is 2.11 bits per heavy atom. The number of fused-ring (bicyclic) bond motifs is 1. The van der Waals surface area contributed by atoms with Gasteiger partial charge in [0.1, 0.15) is 0 Å². The summed E-state index contributed by atoms with van der Waals surface area (Å²) in [4.78, 5) is 34.1. The molecule has 0 spiro atoms. The number of carbonyl (C=O) groups excluding carboxylic acids is 1. The molecule has 2 heterocycles. The van der Waals surface area contributed by atoms with Gasteiger partial charge in [0.15, 0.2) is 4.77 Å². The monoisotopic (exact) mass is 498 g/mol. The molecule has 5 rings (SSSR count). The van der Waals surface area contributed by atoms with Crippen molar-refractivity contribution in [2.24, 2.45) is 0 Å². The fraction of sp³-hybridized carbons (Fsp3) is 0.276. The molecule has 1 fully saturated rings. The Bertz CT molecular complexity index is 1610. The smallest absolute Gasteiger partial charge is 0.266 e. The van der Waals surface area contributed by atoms with Crippen LogP contribution in [-0.4, -0.2) is 46.5 Å². The first-order valence-electron chi connectivity index (χ1n) is 12.2. The standard InChI is InChI=1S/C29H30N4O2S/c1-18-7-5-9-25(20(18)3)31-13-15-32(16-14-31)27(34)22-11-12-23-24(17-22)30-29(36)33(28(23)35)26-10-6-8-19(2)21(26)4/h5-12,17H,13-16H2,1-4H3,(H,30,36). The van der Waals surface area contributed by atoms with E-state index in [-0.39, 0.29) is 11.5 Å². The highest BCUT2D eigenvalue weighted by molar-refractivity contribution is 7.71. The summed E-state index contributed by atoms with van der Waals surface area (Å²) in [6.45, 7) is 11.1. The van der Waals surface area contributed by atoms with E-state index in [1.165, 1.54) is 21.4 Å². The Morgan fingerprint density at radius 2 is 1.44 bits per heavy atom. The van der Waals surface area contributed by atoms with Crippen LogP contribution in [0.2, 0.25) is 0 Å². The third kappa shape index (κ3) is 4.13. The Morgan fingerprint density at radius 1 is 0.833 bits per heavy atom. The molecule has 1 aliphatic rings. The molecule has 1 aromatic heterocycles. The van der Waals surface area contributed by atoms with Gasteiger partial charge in [0.2, 0.25) is 0 Å². The molecule has 1 aliphatic heterocycles. The van der Waals surface area contributed by atoms with Crippen molar-refractivity contribution in [3.63, 3.8) is 0 Å². The highest BCUT2D eigenvalue weighted by Crippen LogP contribution is 2.25. The number of nitrogens with one attached hydrogen (secondary N) is 1. The minimum atomic E-state index is -0.191. The summed E-state index contributed by atoms with van der Waals surface area (Å²) in [5.41, 5.74) is 7.60. The Hall–Kier alpha value is -3.71. The summed E-state index contributed by atoms with van der Waals surface area (Å²) in [6.07, 6.45) is 0. The van der Waals surface area contributed by atoms with Gasteiger partial charge in [0.25, 0.3) is 11.5 Å². The minimum absolute atomic E-state index is 0.0319. The van der Waals surface area contributed by atoms with Gasteiger partial charge >= 0.3 is 0 Å². The summed E-state index contributed by atoms with van der Waals surface area (Å²) >= 11 is 5.57. The van der Waals surface area contributed by atoms with Crippen LogP contribution in [0.15, 0.2) is 59.4 Å². The van der Waals surface area contributed by atoms with Gasteiger partial charge in [-0.25, -0.2) is 0 Å². The lowest BCUT2D eigenvalue weighted by Gasteiger charge is -2.37. The molecular formula is C29H30N4O2S. The third-order valence-corrected chi connectivity index (χ3v) is 7.73. The quantitative estimate of drug-likeness (QED) is 0.392. The third-order valence-electron chi connectivity index (χ3n) is 7.45. The predicted molar refractivity (Wildman–Crippen MR) is 148 cm³/mol. The minimum Gasteiger partial charge on any atom is -0.368 e. The number of hydrogen-bond acceptors (Lipinski definition) is 4. The highest BCUT2D eigenvalue weighted by Gasteiger charge is 2.24. The van der Waals surface area contributed by atoms with Gasteiger partial charge in [-0.15, -0.1) is 0 Å². The maximum absolute atomic E-state index is 13.4. The van der Waals surface area contributed by atoms with E-state index in [2.05, 4.69) is 41.9 Å². The van der Waals surface area contributed by atoms with Crippen LogP contribution in [0, 0.1) is 32.5 Å². The van der Waals surface area contributed by atoms with E-state index in [4.69, 9.17) is 12.2 Å². The molecule has 1 saturated heterocycles. The molecule has 0 atom stereocenters. The molecule has 36 heavy (non-hydrogen) atoms. The number of amides is 1. The normalized spacial score (nSPS) is 13.9. The van der Waals surface area contributed by atoms with E-state index >= 15 is 0 Å². The second kappa shape index (κ2) is 9.39. The molecule has 0 aliphatic carbocycles. The van der Waals surface area contributed by atoms with Crippen molar-refractivity contribution in [2.75, 3.05) is 31.1 Å². The molecule has 184 valence electrons. The van der Waals surface area contributed by atoms with E-state index < -0.39 is 0 Å². The van der Waals surface area contributed by atoms with Crippen LogP contribution in [0.1, 0.15) is 32.6 Å². The lowest BCUT2D eigenvalue weighted by atomic mass is 10.1. The molecule has 0 bridgehead atoms. The second-order valence-corrected chi connectivity index (χ2v) is 9.94. The number of H-pyrrole nitrogens is 1. The van der Waals surface area contributed by atoms with Gasteiger partial charge in [-0.3, -0.25) is 14.2 Å². The van der Waals surface area contributed by atoms with Gasteiger partial charge in [-0.05, 0) is 92.5 Å². The Balaban J connectivity index is 1.41. The fourth-order valence-electron chi connectivity index (χ4n) is 4.96. The van der Waals surface area contributed by atoms with Crippen LogP contribution in [0.5, 0.6) is 0 Å². The maximum atomic E-state index is 13.4. The zero-order valence-corrected chi connectivity index (χ0v) is 21.9. The number of aromatic amines is 1. The number of hydrogen-bond donors (Lipinski definition) is 1. The Labute approximate surface area is 215 Å². The lowest BCUT2D eigenvalue weighted by molar-refractivity contribution is 0.0747. The van der Waals surface area contributed by atoms with Crippen molar-refractivity contribution in [1.82, 2.24) is 14.5 Å². The van der Waals surface area contributed by atoms with Crippen LogP contribution in [-0.2, 0) is 0 Å². The summed E-state index contributed by atoms with van der Waals surface area (Å²) in [5, 5.41) is 0.501. The Kier molecular flexibility index (Phi) is 6.26. The zero-order valence-electron chi connectivity index (χ0n) is 21.1. The van der Waals surface area contributed by atoms with Crippen LogP contribution in [0.3, 0.4) is 0 Å². The molecule has 6 nitrogen and oxygen atoms in total. The maximum Gasteiger partial charge on any atom is 0.266 e. The number of rotatable bonds is 3. The molecular weight excluding hydrogens is 468 g/mol. The van der Waals surface area contributed by atoms with E-state index in [1.54, 1.807) is 18.2 Å². The summed E-state index contributed by atoms with van der Waals surface area (Å²) in [6, 6.07) is 17.4. The summed E-state index contributed by atoms with van der Waals surface area (Å²) in [7, 11) is 0. The van der Waals surface area contributed by atoms with E-state index in [0.717, 1.165) is 29.9 Å². The topological polar surface area (TPSA) is 61.3 Å². The van der Waals surface area contributed by atoms with Crippen LogP contribution in [0.4, 0.5) is 5.69 Å². The average Bonchev–Trinajstić information content (AvgIpc) is 2.87. The largest absolute Gasteiger partial charge is 0.368 e. The molecule has 7 heteroatoms. The van der Waals surface area contributed by atoms with Gasteiger partial charge in [-0.2, -0.15) is 0 Å². The molecule has 0 saturated carbocycles.